The fraction of sp³-hybridized carbons (Fsp3) is 0.600. The van der Waals surface area contributed by atoms with E-state index < -0.39 is 23.8 Å². The molecule has 94 valence electrons. The highest BCUT2D eigenvalue weighted by Crippen LogP contribution is 2.38. The van der Waals surface area contributed by atoms with Gasteiger partial charge in [0, 0.05) is 5.92 Å². The Labute approximate surface area is 94.4 Å². The highest BCUT2D eigenvalue weighted by molar-refractivity contribution is 5.85. The zero-order valence-electron chi connectivity index (χ0n) is 8.75. The van der Waals surface area contributed by atoms with Crippen molar-refractivity contribution in [3.63, 3.8) is 0 Å². The molecule has 1 heterocycles. The van der Waals surface area contributed by atoms with Crippen LogP contribution in [0.5, 0.6) is 0 Å². The van der Waals surface area contributed by atoms with Gasteiger partial charge >= 0.3 is 18.0 Å². The van der Waals surface area contributed by atoms with Crippen LogP contribution < -0.4 is 0 Å². The minimum absolute atomic E-state index is 0.0673. The molecule has 1 N–H and O–H groups in total. The van der Waals surface area contributed by atoms with Crippen molar-refractivity contribution in [2.24, 2.45) is 0 Å². The molecule has 0 unspecified atom stereocenters. The average Bonchev–Trinajstić information content (AvgIpc) is 2.85. The molecule has 0 amide bonds. The molecule has 1 aliphatic rings. The van der Waals surface area contributed by atoms with Crippen LogP contribution in [0, 0.1) is 0 Å². The van der Waals surface area contributed by atoms with Gasteiger partial charge in [-0.3, -0.25) is 0 Å². The molecule has 0 aliphatic heterocycles. The van der Waals surface area contributed by atoms with E-state index in [2.05, 4.69) is 9.40 Å². The summed E-state index contributed by atoms with van der Waals surface area (Å²) in [5.41, 5.74) is -0.0673. The molecule has 0 spiro atoms. The molecule has 17 heavy (non-hydrogen) atoms. The molecule has 0 saturated heterocycles. The second kappa shape index (κ2) is 4.05. The number of rotatable bonds is 2. The predicted molar refractivity (Wildman–Crippen MR) is 49.7 cm³/mol. The Kier molecular flexibility index (Phi) is 2.84. The van der Waals surface area contributed by atoms with Crippen LogP contribution in [0.4, 0.5) is 13.2 Å². The molecular formula is C10H10F3NO3. The fourth-order valence-electron chi connectivity index (χ4n) is 2.08. The van der Waals surface area contributed by atoms with Gasteiger partial charge < -0.3 is 9.52 Å². The number of carbonyl (C=O) groups is 1. The molecule has 0 bridgehead atoms. The third-order valence-corrected chi connectivity index (χ3v) is 2.83. The van der Waals surface area contributed by atoms with Gasteiger partial charge in [0.05, 0.1) is 5.69 Å². The number of oxazole rings is 1. The molecular weight excluding hydrogens is 239 g/mol. The zero-order chi connectivity index (χ0) is 12.6. The van der Waals surface area contributed by atoms with E-state index in [4.69, 9.17) is 5.11 Å². The standard InChI is InChI=1S/C10H10F3NO3/c11-10(12,13)9-14-6(5-3-1-2-4-5)7(17-9)8(15)16/h5H,1-4H2,(H,15,16). The van der Waals surface area contributed by atoms with E-state index >= 15 is 0 Å². The van der Waals surface area contributed by atoms with E-state index in [-0.39, 0.29) is 11.6 Å². The number of hydrogen-bond donors (Lipinski definition) is 1. The number of halogens is 3. The Morgan fingerprint density at radius 3 is 2.41 bits per heavy atom. The first-order valence-corrected chi connectivity index (χ1v) is 5.21. The average molecular weight is 249 g/mol. The van der Waals surface area contributed by atoms with Crippen molar-refractivity contribution in [2.75, 3.05) is 0 Å². The number of aromatic nitrogens is 1. The summed E-state index contributed by atoms with van der Waals surface area (Å²) < 4.78 is 41.5. The summed E-state index contributed by atoms with van der Waals surface area (Å²) in [6.07, 6.45) is -1.69. The van der Waals surface area contributed by atoms with E-state index in [9.17, 15) is 18.0 Å². The van der Waals surface area contributed by atoms with Crippen molar-refractivity contribution in [3.05, 3.63) is 17.3 Å². The van der Waals surface area contributed by atoms with Gasteiger partial charge in [0.1, 0.15) is 0 Å². The van der Waals surface area contributed by atoms with Gasteiger partial charge in [-0.05, 0) is 12.8 Å². The Hall–Kier alpha value is -1.53. The number of carboxylic acid groups (broad SMARTS) is 1. The first-order valence-electron chi connectivity index (χ1n) is 5.21. The molecule has 1 aromatic rings. The molecule has 2 rings (SSSR count). The normalized spacial score (nSPS) is 17.6. The highest BCUT2D eigenvalue weighted by Gasteiger charge is 2.41. The lowest BCUT2D eigenvalue weighted by Gasteiger charge is -2.04. The van der Waals surface area contributed by atoms with Crippen LogP contribution in [0.1, 0.15) is 53.7 Å². The van der Waals surface area contributed by atoms with Crippen LogP contribution in [-0.2, 0) is 6.18 Å². The Balaban J connectivity index is 2.42. The molecule has 1 fully saturated rings. The monoisotopic (exact) mass is 249 g/mol. The SMILES string of the molecule is O=C(O)c1oc(C(F)(F)F)nc1C1CCCC1. The Morgan fingerprint density at radius 2 is 1.94 bits per heavy atom. The lowest BCUT2D eigenvalue weighted by atomic mass is 10.0. The summed E-state index contributed by atoms with van der Waals surface area (Å²) in [7, 11) is 0. The fourth-order valence-corrected chi connectivity index (χ4v) is 2.08. The maximum atomic E-state index is 12.4. The summed E-state index contributed by atoms with van der Waals surface area (Å²) in [5.74, 6) is -3.89. The summed E-state index contributed by atoms with van der Waals surface area (Å²) in [5, 5.41) is 8.80. The van der Waals surface area contributed by atoms with Gasteiger partial charge in [-0.25, -0.2) is 9.78 Å². The first kappa shape index (κ1) is 11.9. The minimum Gasteiger partial charge on any atom is -0.475 e. The van der Waals surface area contributed by atoms with E-state index in [0.29, 0.717) is 12.8 Å². The zero-order valence-corrected chi connectivity index (χ0v) is 8.75. The van der Waals surface area contributed by atoms with Crippen LogP contribution in [-0.4, -0.2) is 16.1 Å². The largest absolute Gasteiger partial charge is 0.475 e. The van der Waals surface area contributed by atoms with Crippen molar-refractivity contribution >= 4 is 5.97 Å². The van der Waals surface area contributed by atoms with Crippen LogP contribution in [0.25, 0.3) is 0 Å². The van der Waals surface area contributed by atoms with Crippen molar-refractivity contribution in [3.8, 4) is 0 Å². The molecule has 0 atom stereocenters. The Bertz CT molecular complexity index is 432. The quantitative estimate of drug-likeness (QED) is 0.874. The van der Waals surface area contributed by atoms with Gasteiger partial charge in [0.15, 0.2) is 0 Å². The van der Waals surface area contributed by atoms with Crippen molar-refractivity contribution in [2.45, 2.75) is 37.8 Å². The first-order chi connectivity index (χ1) is 7.89. The van der Waals surface area contributed by atoms with E-state index in [1.54, 1.807) is 0 Å². The van der Waals surface area contributed by atoms with E-state index in [1.807, 2.05) is 0 Å². The molecule has 0 aromatic carbocycles. The summed E-state index contributed by atoms with van der Waals surface area (Å²) in [4.78, 5) is 14.1. The van der Waals surface area contributed by atoms with E-state index in [0.717, 1.165) is 12.8 Å². The van der Waals surface area contributed by atoms with Crippen LogP contribution in [0.15, 0.2) is 4.42 Å². The van der Waals surface area contributed by atoms with Gasteiger partial charge in [0.25, 0.3) is 0 Å². The Morgan fingerprint density at radius 1 is 1.35 bits per heavy atom. The third-order valence-electron chi connectivity index (χ3n) is 2.83. The molecule has 1 saturated carbocycles. The van der Waals surface area contributed by atoms with Crippen LogP contribution >= 0.6 is 0 Å². The maximum Gasteiger partial charge on any atom is 0.468 e. The number of nitrogens with zero attached hydrogens (tertiary/aromatic N) is 1. The minimum atomic E-state index is -4.75. The topological polar surface area (TPSA) is 63.3 Å². The summed E-state index contributed by atoms with van der Waals surface area (Å²) >= 11 is 0. The maximum absolute atomic E-state index is 12.4. The number of aromatic carboxylic acids is 1. The lowest BCUT2D eigenvalue weighted by molar-refractivity contribution is -0.157. The van der Waals surface area contributed by atoms with Gasteiger partial charge in [0.2, 0.25) is 5.76 Å². The van der Waals surface area contributed by atoms with Gasteiger partial charge in [-0.15, -0.1) is 0 Å². The smallest absolute Gasteiger partial charge is 0.468 e. The highest BCUT2D eigenvalue weighted by atomic mass is 19.4. The second-order valence-electron chi connectivity index (χ2n) is 4.02. The number of alkyl halides is 3. The van der Waals surface area contributed by atoms with Crippen molar-refractivity contribution in [1.29, 1.82) is 0 Å². The third kappa shape index (κ3) is 2.27. The molecule has 1 aromatic heterocycles. The van der Waals surface area contributed by atoms with Crippen molar-refractivity contribution < 1.29 is 27.5 Å². The molecule has 1 aliphatic carbocycles. The summed E-state index contributed by atoms with van der Waals surface area (Å²) in [6.45, 7) is 0. The molecule has 0 radical (unpaired) electrons. The number of carboxylic acids is 1. The summed E-state index contributed by atoms with van der Waals surface area (Å²) in [6, 6.07) is 0. The molecule has 7 heteroatoms. The van der Waals surface area contributed by atoms with Crippen molar-refractivity contribution in [1.82, 2.24) is 4.98 Å². The van der Waals surface area contributed by atoms with Gasteiger partial charge in [-0.2, -0.15) is 13.2 Å². The molecule has 4 nitrogen and oxygen atoms in total. The predicted octanol–water partition coefficient (Wildman–Crippen LogP) is 3.05. The lowest BCUT2D eigenvalue weighted by Crippen LogP contribution is -2.06. The number of hydrogen-bond acceptors (Lipinski definition) is 3. The van der Waals surface area contributed by atoms with Crippen LogP contribution in [0.2, 0.25) is 0 Å². The van der Waals surface area contributed by atoms with Gasteiger partial charge in [-0.1, -0.05) is 12.8 Å². The van der Waals surface area contributed by atoms with E-state index in [1.165, 1.54) is 0 Å². The van der Waals surface area contributed by atoms with Crippen LogP contribution in [0.3, 0.4) is 0 Å². The second-order valence-corrected chi connectivity index (χ2v) is 4.02.